The smallest absolute Gasteiger partial charge is 0.224 e. The molecule has 1 aliphatic rings. The number of aryl methyl sites for hydroxylation is 1. The third kappa shape index (κ3) is 5.35. The Labute approximate surface area is 163 Å². The van der Waals surface area contributed by atoms with Gasteiger partial charge in [0.15, 0.2) is 0 Å². The minimum absolute atomic E-state index is 0.0155. The Morgan fingerprint density at radius 3 is 2.41 bits per heavy atom. The van der Waals surface area contributed by atoms with E-state index in [0.29, 0.717) is 6.42 Å². The van der Waals surface area contributed by atoms with Crippen LogP contribution in [0.15, 0.2) is 48.5 Å². The highest BCUT2D eigenvalue weighted by Crippen LogP contribution is 2.24. The molecule has 0 spiro atoms. The summed E-state index contributed by atoms with van der Waals surface area (Å²) in [5.41, 5.74) is 4.81. The average Bonchev–Trinajstić information content (AvgIpc) is 2.68. The van der Waals surface area contributed by atoms with Gasteiger partial charge in [-0.3, -0.25) is 4.79 Å². The maximum absolute atomic E-state index is 12.4. The molecular formula is C24H32N2O. The molecule has 144 valence electrons. The number of rotatable bonds is 6. The van der Waals surface area contributed by atoms with Gasteiger partial charge < -0.3 is 10.2 Å². The molecule has 1 aliphatic heterocycles. The number of piperidine rings is 1. The van der Waals surface area contributed by atoms with E-state index in [1.165, 1.54) is 24.1 Å². The largest absolute Gasteiger partial charge is 0.371 e. The van der Waals surface area contributed by atoms with E-state index in [4.69, 9.17) is 0 Å². The Hall–Kier alpha value is -2.29. The molecular weight excluding hydrogens is 332 g/mol. The summed E-state index contributed by atoms with van der Waals surface area (Å²) in [6, 6.07) is 17.0. The predicted molar refractivity (Wildman–Crippen MR) is 113 cm³/mol. The fraction of sp³-hybridized carbons (Fsp3) is 0.458. The number of anilines is 1. The van der Waals surface area contributed by atoms with Crippen LogP contribution in [0.4, 0.5) is 5.69 Å². The van der Waals surface area contributed by atoms with E-state index in [0.717, 1.165) is 36.6 Å². The van der Waals surface area contributed by atoms with Crippen molar-refractivity contribution in [3.8, 4) is 0 Å². The number of carbonyl (C=O) groups excluding carboxylic acids is 1. The van der Waals surface area contributed by atoms with E-state index in [1.807, 2.05) is 0 Å². The Kier molecular flexibility index (Phi) is 6.54. The second kappa shape index (κ2) is 9.07. The van der Waals surface area contributed by atoms with Gasteiger partial charge in [-0.2, -0.15) is 0 Å². The van der Waals surface area contributed by atoms with E-state index in [-0.39, 0.29) is 11.9 Å². The van der Waals surface area contributed by atoms with Crippen molar-refractivity contribution in [1.29, 1.82) is 0 Å². The maximum Gasteiger partial charge on any atom is 0.224 e. The molecule has 1 saturated heterocycles. The lowest BCUT2D eigenvalue weighted by atomic mass is 9.99. The molecule has 0 saturated carbocycles. The van der Waals surface area contributed by atoms with Gasteiger partial charge in [-0.25, -0.2) is 0 Å². The monoisotopic (exact) mass is 364 g/mol. The van der Waals surface area contributed by atoms with Crippen molar-refractivity contribution in [1.82, 2.24) is 5.32 Å². The predicted octanol–water partition coefficient (Wildman–Crippen LogP) is 4.91. The van der Waals surface area contributed by atoms with Gasteiger partial charge in [-0.1, -0.05) is 50.2 Å². The van der Waals surface area contributed by atoms with Gasteiger partial charge in [0.2, 0.25) is 5.91 Å². The summed E-state index contributed by atoms with van der Waals surface area (Å²) in [5.74, 6) is 0.837. The van der Waals surface area contributed by atoms with Crippen LogP contribution >= 0.6 is 0 Å². The van der Waals surface area contributed by atoms with Crippen LogP contribution in [-0.2, 0) is 17.6 Å². The molecule has 0 aromatic heterocycles. The first-order chi connectivity index (χ1) is 13.0. The molecule has 1 heterocycles. The van der Waals surface area contributed by atoms with Crippen LogP contribution in [0.2, 0.25) is 0 Å². The number of amides is 1. The fourth-order valence-electron chi connectivity index (χ4n) is 3.85. The Balaban J connectivity index is 1.55. The molecule has 3 rings (SSSR count). The van der Waals surface area contributed by atoms with Crippen molar-refractivity contribution >= 4 is 11.6 Å². The van der Waals surface area contributed by atoms with Crippen molar-refractivity contribution in [2.24, 2.45) is 5.92 Å². The van der Waals surface area contributed by atoms with Gasteiger partial charge in [-0.05, 0) is 60.9 Å². The zero-order valence-electron chi connectivity index (χ0n) is 16.9. The van der Waals surface area contributed by atoms with Crippen molar-refractivity contribution in [2.75, 3.05) is 18.0 Å². The molecule has 0 unspecified atom stereocenters. The van der Waals surface area contributed by atoms with Gasteiger partial charge in [0, 0.05) is 18.8 Å². The van der Waals surface area contributed by atoms with Crippen LogP contribution in [0.1, 0.15) is 56.3 Å². The molecule has 2 atom stereocenters. The van der Waals surface area contributed by atoms with E-state index >= 15 is 0 Å². The zero-order valence-corrected chi connectivity index (χ0v) is 16.9. The summed E-state index contributed by atoms with van der Waals surface area (Å²) in [4.78, 5) is 14.9. The molecule has 27 heavy (non-hydrogen) atoms. The van der Waals surface area contributed by atoms with Crippen LogP contribution in [-0.4, -0.2) is 19.0 Å². The summed E-state index contributed by atoms with van der Waals surface area (Å²) >= 11 is 0. The highest BCUT2D eigenvalue weighted by Gasteiger charge is 2.17. The molecule has 1 N–H and O–H groups in total. The van der Waals surface area contributed by atoms with Gasteiger partial charge in [0.1, 0.15) is 0 Å². The lowest BCUT2D eigenvalue weighted by molar-refractivity contribution is -0.121. The first kappa shape index (κ1) is 19.5. The van der Waals surface area contributed by atoms with Gasteiger partial charge in [0.05, 0.1) is 12.5 Å². The number of nitrogens with one attached hydrogen (secondary N) is 1. The van der Waals surface area contributed by atoms with E-state index in [2.05, 4.69) is 79.5 Å². The number of hydrogen-bond donors (Lipinski definition) is 1. The van der Waals surface area contributed by atoms with E-state index < -0.39 is 0 Å². The van der Waals surface area contributed by atoms with Gasteiger partial charge in [0.25, 0.3) is 0 Å². The highest BCUT2D eigenvalue weighted by molar-refractivity contribution is 5.79. The van der Waals surface area contributed by atoms with Crippen molar-refractivity contribution in [3.05, 3.63) is 65.2 Å². The zero-order chi connectivity index (χ0) is 19.2. The standard InChI is InChI=1S/C24H32N2O/c1-4-20-7-9-21(10-8-20)16-24(27)25-19(3)22-11-13-23(14-12-22)26-15-5-6-18(2)17-26/h7-14,18-19H,4-6,15-17H2,1-3H3,(H,25,27)/t18-,19+/m1/s1. The van der Waals surface area contributed by atoms with Crippen LogP contribution < -0.4 is 10.2 Å². The van der Waals surface area contributed by atoms with E-state index in [9.17, 15) is 4.79 Å². The first-order valence-corrected chi connectivity index (χ1v) is 10.3. The minimum Gasteiger partial charge on any atom is -0.371 e. The molecule has 1 amide bonds. The Bertz CT molecular complexity index is 736. The molecule has 2 aromatic carbocycles. The number of benzene rings is 2. The second-order valence-corrected chi connectivity index (χ2v) is 7.92. The van der Waals surface area contributed by atoms with Gasteiger partial charge >= 0.3 is 0 Å². The topological polar surface area (TPSA) is 32.3 Å². The highest BCUT2D eigenvalue weighted by atomic mass is 16.1. The molecule has 1 fully saturated rings. The van der Waals surface area contributed by atoms with Crippen molar-refractivity contribution in [2.45, 2.75) is 52.5 Å². The first-order valence-electron chi connectivity index (χ1n) is 10.3. The number of nitrogens with zero attached hydrogens (tertiary/aromatic N) is 1. The number of carbonyl (C=O) groups is 1. The van der Waals surface area contributed by atoms with Crippen LogP contribution in [0.5, 0.6) is 0 Å². The lowest BCUT2D eigenvalue weighted by Crippen LogP contribution is -2.34. The fourth-order valence-corrected chi connectivity index (χ4v) is 3.85. The average molecular weight is 365 g/mol. The summed E-state index contributed by atoms with van der Waals surface area (Å²) in [6.45, 7) is 8.81. The lowest BCUT2D eigenvalue weighted by Gasteiger charge is -2.33. The molecule has 0 bridgehead atoms. The third-order valence-electron chi connectivity index (χ3n) is 5.59. The van der Waals surface area contributed by atoms with Crippen molar-refractivity contribution < 1.29 is 4.79 Å². The molecule has 0 aliphatic carbocycles. The second-order valence-electron chi connectivity index (χ2n) is 7.92. The Morgan fingerprint density at radius 2 is 1.78 bits per heavy atom. The van der Waals surface area contributed by atoms with E-state index in [1.54, 1.807) is 0 Å². The SMILES string of the molecule is CCc1ccc(CC(=O)N[C@@H](C)c2ccc(N3CCC[C@@H](C)C3)cc2)cc1. The Morgan fingerprint density at radius 1 is 1.11 bits per heavy atom. The minimum atomic E-state index is 0.0155. The van der Waals surface area contributed by atoms with Gasteiger partial charge in [-0.15, -0.1) is 0 Å². The molecule has 0 radical (unpaired) electrons. The summed E-state index contributed by atoms with van der Waals surface area (Å²) < 4.78 is 0. The number of hydrogen-bond acceptors (Lipinski definition) is 2. The quantitative estimate of drug-likeness (QED) is 0.790. The summed E-state index contributed by atoms with van der Waals surface area (Å²) in [7, 11) is 0. The molecule has 3 heteroatoms. The van der Waals surface area contributed by atoms with Crippen LogP contribution in [0.25, 0.3) is 0 Å². The molecule has 3 nitrogen and oxygen atoms in total. The van der Waals surface area contributed by atoms with Crippen molar-refractivity contribution in [3.63, 3.8) is 0 Å². The van der Waals surface area contributed by atoms with Crippen LogP contribution in [0.3, 0.4) is 0 Å². The molecule has 2 aromatic rings. The normalized spacial score (nSPS) is 18.2. The summed E-state index contributed by atoms with van der Waals surface area (Å²) in [6.07, 6.45) is 4.06. The maximum atomic E-state index is 12.4. The summed E-state index contributed by atoms with van der Waals surface area (Å²) in [5, 5.41) is 3.13. The van der Waals surface area contributed by atoms with Crippen LogP contribution in [0, 0.1) is 5.92 Å². The third-order valence-corrected chi connectivity index (χ3v) is 5.59.